The van der Waals surface area contributed by atoms with E-state index in [0.717, 1.165) is 6.42 Å². The molecule has 6 heteroatoms. The van der Waals surface area contributed by atoms with Crippen molar-refractivity contribution in [1.29, 1.82) is 0 Å². The molecule has 0 aromatic carbocycles. The summed E-state index contributed by atoms with van der Waals surface area (Å²) >= 11 is 0. The molecule has 100 valence electrons. The van der Waals surface area contributed by atoms with Gasteiger partial charge in [0.05, 0.1) is 12.5 Å². The van der Waals surface area contributed by atoms with E-state index < -0.39 is 10.0 Å². The van der Waals surface area contributed by atoms with Gasteiger partial charge in [-0.1, -0.05) is 32.4 Å². The second-order valence-electron chi connectivity index (χ2n) is 5.51. The second-order valence-corrected chi connectivity index (χ2v) is 7.41. The third-order valence-electron chi connectivity index (χ3n) is 3.23. The number of aromatic amines is 1. The van der Waals surface area contributed by atoms with Crippen LogP contribution in [0.2, 0.25) is 0 Å². The minimum atomic E-state index is -3.42. The van der Waals surface area contributed by atoms with E-state index in [2.05, 4.69) is 30.7 Å². The van der Waals surface area contributed by atoms with Crippen LogP contribution in [0.3, 0.4) is 0 Å². The zero-order chi connectivity index (χ0) is 13.4. The molecule has 0 bridgehead atoms. The van der Waals surface area contributed by atoms with E-state index in [0.29, 0.717) is 13.1 Å². The van der Waals surface area contributed by atoms with E-state index in [9.17, 15) is 8.42 Å². The molecule has 0 saturated heterocycles. The quantitative estimate of drug-likeness (QED) is 0.832. The highest BCUT2D eigenvalue weighted by Crippen LogP contribution is 2.31. The van der Waals surface area contributed by atoms with Crippen molar-refractivity contribution in [1.82, 2.24) is 14.3 Å². The maximum atomic E-state index is 12.2. The molecule has 1 N–H and O–H groups in total. The van der Waals surface area contributed by atoms with E-state index in [1.165, 1.54) is 22.4 Å². The maximum Gasteiger partial charge on any atom is 0.260 e. The summed E-state index contributed by atoms with van der Waals surface area (Å²) in [7, 11) is -3.42. The lowest BCUT2D eigenvalue weighted by molar-refractivity contribution is 0.388. The summed E-state index contributed by atoms with van der Waals surface area (Å²) in [6, 6.07) is 0. The minimum absolute atomic E-state index is 0.115. The van der Waals surface area contributed by atoms with Crippen LogP contribution in [0, 0.1) is 5.41 Å². The fraction of sp³-hybridized carbons (Fsp3) is 0.583. The third-order valence-corrected chi connectivity index (χ3v) is 5.02. The van der Waals surface area contributed by atoms with Gasteiger partial charge in [0.1, 0.15) is 0 Å². The minimum Gasteiger partial charge on any atom is -0.335 e. The Balaban J connectivity index is 2.18. The van der Waals surface area contributed by atoms with Crippen LogP contribution >= 0.6 is 0 Å². The van der Waals surface area contributed by atoms with Gasteiger partial charge < -0.3 is 4.98 Å². The summed E-state index contributed by atoms with van der Waals surface area (Å²) in [5.41, 5.74) is 1.43. The molecule has 0 radical (unpaired) electrons. The molecule has 2 rings (SSSR count). The molecule has 0 saturated carbocycles. The molecule has 2 heterocycles. The number of nitrogens with zero attached hydrogens (tertiary/aromatic N) is 2. The molecule has 1 aromatic rings. The maximum absolute atomic E-state index is 12.2. The molecular formula is C12H19N3O2S. The van der Waals surface area contributed by atoms with Crippen molar-refractivity contribution in [3.8, 4) is 0 Å². The highest BCUT2D eigenvalue weighted by Gasteiger charge is 2.29. The van der Waals surface area contributed by atoms with Gasteiger partial charge in [0.2, 0.25) is 0 Å². The zero-order valence-electron chi connectivity index (χ0n) is 11.0. The van der Waals surface area contributed by atoms with Gasteiger partial charge in [0.25, 0.3) is 10.0 Å². The van der Waals surface area contributed by atoms with Gasteiger partial charge in [0.15, 0.2) is 5.03 Å². The van der Waals surface area contributed by atoms with Crippen molar-refractivity contribution in [3.63, 3.8) is 0 Å². The largest absolute Gasteiger partial charge is 0.335 e. The fourth-order valence-corrected chi connectivity index (χ4v) is 3.35. The topological polar surface area (TPSA) is 66.1 Å². The fourth-order valence-electron chi connectivity index (χ4n) is 2.07. The molecule has 18 heavy (non-hydrogen) atoms. The zero-order valence-corrected chi connectivity index (χ0v) is 11.8. The third kappa shape index (κ3) is 2.49. The number of imidazole rings is 1. The Morgan fingerprint density at radius 3 is 2.56 bits per heavy atom. The van der Waals surface area contributed by atoms with Crippen LogP contribution < -0.4 is 0 Å². The van der Waals surface area contributed by atoms with E-state index in [-0.39, 0.29) is 10.4 Å². The van der Waals surface area contributed by atoms with Crippen LogP contribution in [0.1, 0.15) is 27.2 Å². The van der Waals surface area contributed by atoms with Crippen LogP contribution in [0.25, 0.3) is 0 Å². The van der Waals surface area contributed by atoms with Gasteiger partial charge in [-0.2, -0.15) is 4.31 Å². The summed E-state index contributed by atoms with van der Waals surface area (Å²) in [4.78, 5) is 6.42. The first-order chi connectivity index (χ1) is 8.32. The Morgan fingerprint density at radius 2 is 2.11 bits per heavy atom. The van der Waals surface area contributed by atoms with Gasteiger partial charge in [-0.15, -0.1) is 0 Å². The molecule has 1 aliphatic heterocycles. The van der Waals surface area contributed by atoms with E-state index in [1.807, 2.05) is 6.08 Å². The predicted molar refractivity (Wildman–Crippen MR) is 69.5 cm³/mol. The molecular weight excluding hydrogens is 250 g/mol. The second kappa shape index (κ2) is 4.51. The molecule has 5 nitrogen and oxygen atoms in total. The molecule has 1 aromatic heterocycles. The average molecular weight is 269 g/mol. The van der Waals surface area contributed by atoms with Crippen molar-refractivity contribution < 1.29 is 8.42 Å². The average Bonchev–Trinajstić information content (AvgIpc) is 2.82. The number of sulfonamides is 1. The molecule has 0 atom stereocenters. The first-order valence-corrected chi connectivity index (χ1v) is 7.44. The van der Waals surface area contributed by atoms with Gasteiger partial charge in [-0.3, -0.25) is 0 Å². The van der Waals surface area contributed by atoms with Crippen molar-refractivity contribution >= 4 is 10.0 Å². The SMILES string of the molecule is CC(C)(C)C1=CCN(S(=O)(=O)c2cnc[nH]2)CC1. The lowest BCUT2D eigenvalue weighted by Crippen LogP contribution is -2.36. The van der Waals surface area contributed by atoms with Gasteiger partial charge in [0, 0.05) is 13.1 Å². The Labute approximate surface area is 108 Å². The van der Waals surface area contributed by atoms with Crippen LogP contribution in [0.4, 0.5) is 0 Å². The Kier molecular flexibility index (Phi) is 3.33. The Morgan fingerprint density at radius 1 is 1.39 bits per heavy atom. The van der Waals surface area contributed by atoms with Crippen LogP contribution in [-0.4, -0.2) is 35.8 Å². The van der Waals surface area contributed by atoms with E-state index >= 15 is 0 Å². The summed E-state index contributed by atoms with van der Waals surface area (Å²) in [6.07, 6.45) is 5.54. The van der Waals surface area contributed by atoms with Crippen molar-refractivity contribution in [2.24, 2.45) is 5.41 Å². The lowest BCUT2D eigenvalue weighted by Gasteiger charge is -2.31. The number of hydrogen-bond donors (Lipinski definition) is 1. The van der Waals surface area contributed by atoms with Gasteiger partial charge in [-0.05, 0) is 11.8 Å². The van der Waals surface area contributed by atoms with E-state index in [1.54, 1.807) is 0 Å². The number of aromatic nitrogens is 2. The van der Waals surface area contributed by atoms with Crippen molar-refractivity contribution in [3.05, 3.63) is 24.2 Å². The number of nitrogens with one attached hydrogen (secondary N) is 1. The van der Waals surface area contributed by atoms with Crippen molar-refractivity contribution in [2.45, 2.75) is 32.2 Å². The molecule has 1 aliphatic rings. The summed E-state index contributed by atoms with van der Waals surface area (Å²) < 4.78 is 25.9. The molecule has 0 amide bonds. The Hall–Kier alpha value is -1.14. The van der Waals surface area contributed by atoms with Gasteiger partial charge in [-0.25, -0.2) is 13.4 Å². The van der Waals surface area contributed by atoms with Crippen LogP contribution in [-0.2, 0) is 10.0 Å². The predicted octanol–water partition coefficient (Wildman–Crippen LogP) is 1.78. The first kappa shape index (κ1) is 13.3. The van der Waals surface area contributed by atoms with E-state index in [4.69, 9.17) is 0 Å². The normalized spacial score (nSPS) is 18.7. The molecule has 0 spiro atoms. The first-order valence-electron chi connectivity index (χ1n) is 6.00. The highest BCUT2D eigenvalue weighted by atomic mass is 32.2. The van der Waals surface area contributed by atoms with Crippen LogP contribution in [0.5, 0.6) is 0 Å². The monoisotopic (exact) mass is 269 g/mol. The molecule has 0 aliphatic carbocycles. The Bertz CT molecular complexity index is 538. The smallest absolute Gasteiger partial charge is 0.260 e. The highest BCUT2D eigenvalue weighted by molar-refractivity contribution is 7.89. The molecule has 0 fully saturated rings. The summed E-state index contributed by atoms with van der Waals surface area (Å²) in [5, 5.41) is 0.162. The van der Waals surface area contributed by atoms with Crippen molar-refractivity contribution in [2.75, 3.05) is 13.1 Å². The number of rotatable bonds is 2. The molecule has 0 unspecified atom stereocenters. The number of H-pyrrole nitrogens is 1. The lowest BCUT2D eigenvalue weighted by atomic mass is 9.83. The summed E-state index contributed by atoms with van der Waals surface area (Å²) in [5.74, 6) is 0. The summed E-state index contributed by atoms with van der Waals surface area (Å²) in [6.45, 7) is 7.42. The standard InChI is InChI=1S/C12H19N3O2S/c1-12(2,3)10-4-6-15(7-5-10)18(16,17)11-8-13-9-14-11/h4,8-9H,5-7H2,1-3H3,(H,13,14). The van der Waals surface area contributed by atoms with Gasteiger partial charge >= 0.3 is 0 Å². The number of hydrogen-bond acceptors (Lipinski definition) is 3. The van der Waals surface area contributed by atoms with Crippen LogP contribution in [0.15, 0.2) is 29.2 Å².